The minimum absolute atomic E-state index is 0.262. The van der Waals surface area contributed by atoms with E-state index in [1.54, 1.807) is 0 Å². The predicted molar refractivity (Wildman–Crippen MR) is 81.4 cm³/mol. The summed E-state index contributed by atoms with van der Waals surface area (Å²) in [6.45, 7) is 7.24. The fourth-order valence-electron chi connectivity index (χ4n) is 2.45. The first-order valence-corrected chi connectivity index (χ1v) is 7.40. The Morgan fingerprint density at radius 1 is 1.26 bits per heavy atom. The molecule has 0 amide bonds. The van der Waals surface area contributed by atoms with Crippen LogP contribution in [0.4, 0.5) is 0 Å². The van der Waals surface area contributed by atoms with Gasteiger partial charge in [-0.15, -0.1) is 0 Å². The average Bonchev–Trinajstić information content (AvgIpc) is 2.42. The molecule has 0 fully saturated rings. The molecule has 19 heavy (non-hydrogen) atoms. The highest BCUT2D eigenvalue weighted by atomic mass is 16.1. The van der Waals surface area contributed by atoms with Crippen molar-refractivity contribution in [2.45, 2.75) is 46.5 Å². The van der Waals surface area contributed by atoms with Crippen LogP contribution in [0.1, 0.15) is 56.0 Å². The molecule has 2 N–H and O–H groups in total. The van der Waals surface area contributed by atoms with E-state index in [2.05, 4.69) is 26.8 Å². The lowest BCUT2D eigenvalue weighted by atomic mass is 9.87. The number of aryl methyl sites for hydroxylation is 1. The Kier molecular flexibility index (Phi) is 6.79. The fraction of sp³-hybridized carbons (Fsp3) is 0.588. The molecular formula is C17H27NO. The van der Waals surface area contributed by atoms with Crippen molar-refractivity contribution in [2.24, 2.45) is 17.6 Å². The fourth-order valence-corrected chi connectivity index (χ4v) is 2.45. The molecule has 2 nitrogen and oxygen atoms in total. The highest BCUT2D eigenvalue weighted by Crippen LogP contribution is 2.21. The zero-order valence-corrected chi connectivity index (χ0v) is 12.5. The van der Waals surface area contributed by atoms with Crippen LogP contribution in [0, 0.1) is 11.8 Å². The van der Waals surface area contributed by atoms with Gasteiger partial charge in [0.1, 0.15) is 0 Å². The van der Waals surface area contributed by atoms with Crippen molar-refractivity contribution in [1.29, 1.82) is 0 Å². The molecule has 0 aliphatic heterocycles. The van der Waals surface area contributed by atoms with Crippen LogP contribution in [-0.2, 0) is 6.42 Å². The molecule has 1 aromatic rings. The van der Waals surface area contributed by atoms with Crippen molar-refractivity contribution >= 4 is 5.78 Å². The van der Waals surface area contributed by atoms with Gasteiger partial charge in [-0.05, 0) is 49.3 Å². The predicted octanol–water partition coefficient (Wildman–Crippen LogP) is 3.83. The molecule has 1 atom stereocenters. The molecule has 0 saturated heterocycles. The van der Waals surface area contributed by atoms with E-state index in [9.17, 15) is 4.79 Å². The molecule has 1 rings (SSSR count). The van der Waals surface area contributed by atoms with Gasteiger partial charge in [-0.2, -0.15) is 0 Å². The largest absolute Gasteiger partial charge is 0.330 e. The molecule has 1 unspecified atom stereocenters. The van der Waals surface area contributed by atoms with Gasteiger partial charge < -0.3 is 5.73 Å². The van der Waals surface area contributed by atoms with E-state index < -0.39 is 0 Å². The number of carbonyl (C=O) groups is 1. The smallest absolute Gasteiger partial charge is 0.162 e. The Morgan fingerprint density at radius 3 is 2.58 bits per heavy atom. The molecule has 0 saturated carbocycles. The summed E-state index contributed by atoms with van der Waals surface area (Å²) < 4.78 is 0. The first-order chi connectivity index (χ1) is 9.08. The SMILES string of the molecule is CCc1cccc(C(=O)CCC(CCN)C(C)C)c1. The Bertz CT molecular complexity index is 398. The minimum Gasteiger partial charge on any atom is -0.330 e. The van der Waals surface area contributed by atoms with Gasteiger partial charge in [-0.3, -0.25) is 4.79 Å². The van der Waals surface area contributed by atoms with Gasteiger partial charge in [0.05, 0.1) is 0 Å². The molecule has 0 aromatic heterocycles. The van der Waals surface area contributed by atoms with Crippen LogP contribution in [0.25, 0.3) is 0 Å². The third kappa shape index (κ3) is 5.15. The molecule has 2 heteroatoms. The molecule has 106 valence electrons. The van der Waals surface area contributed by atoms with Crippen molar-refractivity contribution in [3.05, 3.63) is 35.4 Å². The van der Waals surface area contributed by atoms with Crippen molar-refractivity contribution in [2.75, 3.05) is 6.54 Å². The van der Waals surface area contributed by atoms with Crippen molar-refractivity contribution in [1.82, 2.24) is 0 Å². The zero-order chi connectivity index (χ0) is 14.3. The summed E-state index contributed by atoms with van der Waals surface area (Å²) in [5.74, 6) is 1.42. The number of benzene rings is 1. The molecule has 1 aromatic carbocycles. The lowest BCUT2D eigenvalue weighted by Crippen LogP contribution is -2.16. The van der Waals surface area contributed by atoms with E-state index in [1.807, 2.05) is 18.2 Å². The number of hydrogen-bond donors (Lipinski definition) is 1. The van der Waals surface area contributed by atoms with E-state index in [4.69, 9.17) is 5.73 Å². The zero-order valence-electron chi connectivity index (χ0n) is 12.5. The highest BCUT2D eigenvalue weighted by Gasteiger charge is 2.15. The van der Waals surface area contributed by atoms with Crippen molar-refractivity contribution < 1.29 is 4.79 Å². The van der Waals surface area contributed by atoms with Gasteiger partial charge in [0.25, 0.3) is 0 Å². The Hall–Kier alpha value is -1.15. The quantitative estimate of drug-likeness (QED) is 0.723. The molecule has 0 spiro atoms. The third-order valence-corrected chi connectivity index (χ3v) is 3.88. The van der Waals surface area contributed by atoms with Crippen molar-refractivity contribution in [3.63, 3.8) is 0 Å². The van der Waals surface area contributed by atoms with E-state index >= 15 is 0 Å². The second-order valence-electron chi connectivity index (χ2n) is 5.60. The Labute approximate surface area is 117 Å². The minimum atomic E-state index is 0.262. The number of carbonyl (C=O) groups excluding carboxylic acids is 1. The summed E-state index contributed by atoms with van der Waals surface area (Å²) in [6.07, 6.45) is 3.57. The maximum absolute atomic E-state index is 12.2. The molecule has 0 radical (unpaired) electrons. The van der Waals surface area contributed by atoms with Gasteiger partial charge in [0, 0.05) is 12.0 Å². The molecular weight excluding hydrogens is 234 g/mol. The second kappa shape index (κ2) is 8.11. The number of hydrogen-bond acceptors (Lipinski definition) is 2. The lowest BCUT2D eigenvalue weighted by molar-refractivity contribution is 0.0969. The van der Waals surface area contributed by atoms with Crippen LogP contribution >= 0.6 is 0 Å². The van der Waals surface area contributed by atoms with Crippen LogP contribution in [0.15, 0.2) is 24.3 Å². The number of nitrogens with two attached hydrogens (primary N) is 1. The second-order valence-corrected chi connectivity index (χ2v) is 5.60. The van der Waals surface area contributed by atoms with Gasteiger partial charge in [0.2, 0.25) is 0 Å². The first-order valence-electron chi connectivity index (χ1n) is 7.40. The van der Waals surface area contributed by atoms with E-state index in [-0.39, 0.29) is 5.78 Å². The Morgan fingerprint density at radius 2 is 2.00 bits per heavy atom. The topological polar surface area (TPSA) is 43.1 Å². The van der Waals surface area contributed by atoms with E-state index in [0.29, 0.717) is 24.8 Å². The number of rotatable bonds is 8. The summed E-state index contributed by atoms with van der Waals surface area (Å²) in [7, 11) is 0. The summed E-state index contributed by atoms with van der Waals surface area (Å²) in [5.41, 5.74) is 7.72. The molecule has 0 aliphatic carbocycles. The summed E-state index contributed by atoms with van der Waals surface area (Å²) in [4.78, 5) is 12.2. The molecule has 0 aliphatic rings. The van der Waals surface area contributed by atoms with Gasteiger partial charge >= 0.3 is 0 Å². The van der Waals surface area contributed by atoms with Gasteiger partial charge in [0.15, 0.2) is 5.78 Å². The lowest BCUT2D eigenvalue weighted by Gasteiger charge is -2.19. The van der Waals surface area contributed by atoms with Gasteiger partial charge in [-0.1, -0.05) is 39.0 Å². The maximum Gasteiger partial charge on any atom is 0.162 e. The molecule has 0 heterocycles. The summed E-state index contributed by atoms with van der Waals surface area (Å²) in [6, 6.07) is 8.00. The van der Waals surface area contributed by atoms with Crippen LogP contribution in [0.2, 0.25) is 0 Å². The monoisotopic (exact) mass is 261 g/mol. The first kappa shape index (κ1) is 15.9. The number of ketones is 1. The molecule has 0 bridgehead atoms. The summed E-state index contributed by atoms with van der Waals surface area (Å²) in [5, 5.41) is 0. The van der Waals surface area contributed by atoms with E-state index in [1.165, 1.54) is 5.56 Å². The average molecular weight is 261 g/mol. The van der Waals surface area contributed by atoms with Crippen molar-refractivity contribution in [3.8, 4) is 0 Å². The Balaban J connectivity index is 2.58. The van der Waals surface area contributed by atoms with Crippen LogP contribution in [-0.4, -0.2) is 12.3 Å². The standard InChI is InChI=1S/C17H27NO/c1-4-14-6-5-7-16(12-14)17(19)9-8-15(10-11-18)13(2)3/h5-7,12-13,15H,4,8-11,18H2,1-3H3. The van der Waals surface area contributed by atoms with Gasteiger partial charge in [-0.25, -0.2) is 0 Å². The number of Topliss-reactive ketones (excluding diaryl/α,β-unsaturated/α-hetero) is 1. The van der Waals surface area contributed by atoms with Crippen LogP contribution in [0.3, 0.4) is 0 Å². The normalized spacial score (nSPS) is 12.7. The third-order valence-electron chi connectivity index (χ3n) is 3.88. The maximum atomic E-state index is 12.2. The van der Waals surface area contributed by atoms with Crippen LogP contribution < -0.4 is 5.73 Å². The van der Waals surface area contributed by atoms with E-state index in [0.717, 1.165) is 24.8 Å². The highest BCUT2D eigenvalue weighted by molar-refractivity contribution is 5.96. The summed E-state index contributed by atoms with van der Waals surface area (Å²) >= 11 is 0. The van der Waals surface area contributed by atoms with Crippen LogP contribution in [0.5, 0.6) is 0 Å².